The monoisotopic (exact) mass is 468 g/mol. The summed E-state index contributed by atoms with van der Waals surface area (Å²) >= 11 is 9.57. The van der Waals surface area contributed by atoms with Crippen LogP contribution in [-0.2, 0) is 9.53 Å². The highest BCUT2D eigenvalue weighted by atomic mass is 79.9. The van der Waals surface area contributed by atoms with E-state index in [9.17, 15) is 9.59 Å². The van der Waals surface area contributed by atoms with Crippen molar-refractivity contribution in [2.45, 2.75) is 26.3 Å². The Labute approximate surface area is 177 Å². The van der Waals surface area contributed by atoms with Crippen LogP contribution in [0.15, 0.2) is 34.9 Å². The Bertz CT molecular complexity index is 846. The highest BCUT2D eigenvalue weighted by Gasteiger charge is 2.23. The average Bonchev–Trinajstić information content (AvgIpc) is 2.69. The first kappa shape index (κ1) is 22.1. The topological polar surface area (TPSA) is 84.4 Å². The van der Waals surface area contributed by atoms with Gasteiger partial charge >= 0.3 is 5.97 Å². The van der Waals surface area contributed by atoms with Crippen molar-refractivity contribution in [3.05, 3.63) is 51.2 Å². The number of nitrogens with zero attached hydrogens (tertiary/aromatic N) is 3. The Kier molecular flexibility index (Phi) is 8.19. The molecule has 1 aromatic heterocycles. The average molecular weight is 470 g/mol. The van der Waals surface area contributed by atoms with Gasteiger partial charge in [-0.2, -0.15) is 0 Å². The van der Waals surface area contributed by atoms with Gasteiger partial charge in [0.25, 0.3) is 5.91 Å². The van der Waals surface area contributed by atoms with Crippen LogP contribution in [0.1, 0.15) is 42.4 Å². The molecule has 1 amide bonds. The van der Waals surface area contributed by atoms with E-state index >= 15 is 0 Å². The zero-order valence-electron chi connectivity index (χ0n) is 15.9. The number of halogens is 2. The molecule has 0 saturated heterocycles. The second-order valence-corrected chi connectivity index (χ2v) is 7.22. The zero-order chi connectivity index (χ0) is 20.7. The molecule has 1 aromatic carbocycles. The predicted molar refractivity (Wildman–Crippen MR) is 112 cm³/mol. The van der Waals surface area contributed by atoms with Gasteiger partial charge in [-0.1, -0.05) is 39.7 Å². The first-order chi connectivity index (χ1) is 13.4. The number of ether oxygens (including phenoxy) is 1. The fourth-order valence-corrected chi connectivity index (χ4v) is 3.22. The number of hydrogen-bond donors (Lipinski definition) is 1. The summed E-state index contributed by atoms with van der Waals surface area (Å²) in [7, 11) is 1.31. The van der Waals surface area contributed by atoms with Crippen molar-refractivity contribution >= 4 is 45.4 Å². The molecule has 1 atom stereocenters. The minimum Gasteiger partial charge on any atom is -0.469 e. The molecule has 2 aromatic rings. The number of hydrogen-bond acceptors (Lipinski definition) is 6. The Morgan fingerprint density at radius 2 is 2.04 bits per heavy atom. The second-order valence-electron chi connectivity index (χ2n) is 5.90. The molecule has 7 nitrogen and oxygen atoms in total. The van der Waals surface area contributed by atoms with Gasteiger partial charge in [0.2, 0.25) is 5.95 Å². The maximum absolute atomic E-state index is 12.9. The summed E-state index contributed by atoms with van der Waals surface area (Å²) in [6.07, 6.45) is 1.38. The maximum atomic E-state index is 12.9. The molecule has 0 radical (unpaired) electrons. The van der Waals surface area contributed by atoms with Crippen LogP contribution in [0, 0.1) is 0 Å². The fourth-order valence-electron chi connectivity index (χ4n) is 2.63. The molecule has 1 unspecified atom stereocenters. The van der Waals surface area contributed by atoms with Gasteiger partial charge in [0.1, 0.15) is 0 Å². The molecule has 28 heavy (non-hydrogen) atoms. The van der Waals surface area contributed by atoms with Crippen molar-refractivity contribution in [1.82, 2.24) is 15.3 Å². The van der Waals surface area contributed by atoms with E-state index < -0.39 is 17.9 Å². The highest BCUT2D eigenvalue weighted by Crippen LogP contribution is 2.23. The third-order valence-electron chi connectivity index (χ3n) is 4.15. The molecule has 1 N–H and O–H groups in total. The van der Waals surface area contributed by atoms with Gasteiger partial charge in [-0.3, -0.25) is 9.59 Å². The van der Waals surface area contributed by atoms with Gasteiger partial charge in [-0.25, -0.2) is 9.97 Å². The molecular weight excluding hydrogens is 448 g/mol. The van der Waals surface area contributed by atoms with Crippen molar-refractivity contribution < 1.29 is 14.3 Å². The summed E-state index contributed by atoms with van der Waals surface area (Å²) in [5.74, 6) is -0.510. The first-order valence-corrected chi connectivity index (χ1v) is 9.97. The van der Waals surface area contributed by atoms with Crippen molar-refractivity contribution in [2.75, 3.05) is 25.1 Å². The van der Waals surface area contributed by atoms with E-state index in [0.717, 1.165) is 10.0 Å². The molecule has 1 heterocycles. The molecule has 0 aliphatic heterocycles. The molecule has 0 fully saturated rings. The van der Waals surface area contributed by atoms with Crippen LogP contribution in [0.4, 0.5) is 5.95 Å². The standard InChI is InChI=1S/C19H22BrClN4O3/c1-4-25(5-2)19-22-11-14(21)17(24-19)18(27)23-15(10-16(26)28-3)12-7-6-8-13(20)9-12/h6-9,11,15H,4-5,10H2,1-3H3,(H,23,27). The van der Waals surface area contributed by atoms with E-state index in [1.807, 2.05) is 43.0 Å². The minimum absolute atomic E-state index is 0.0235. The van der Waals surface area contributed by atoms with Crippen LogP contribution in [0.3, 0.4) is 0 Å². The fraction of sp³-hybridized carbons (Fsp3) is 0.368. The highest BCUT2D eigenvalue weighted by molar-refractivity contribution is 9.10. The van der Waals surface area contributed by atoms with E-state index in [4.69, 9.17) is 16.3 Å². The number of anilines is 1. The van der Waals surface area contributed by atoms with Gasteiger partial charge in [0.05, 0.1) is 30.8 Å². The Balaban J connectivity index is 2.32. The van der Waals surface area contributed by atoms with E-state index in [2.05, 4.69) is 31.2 Å². The van der Waals surface area contributed by atoms with Crippen molar-refractivity contribution in [3.8, 4) is 0 Å². The summed E-state index contributed by atoms with van der Waals surface area (Å²) in [6.45, 7) is 5.34. The Morgan fingerprint density at radius 1 is 1.32 bits per heavy atom. The Morgan fingerprint density at radius 3 is 2.64 bits per heavy atom. The lowest BCUT2D eigenvalue weighted by Crippen LogP contribution is -2.32. The predicted octanol–water partition coefficient (Wildman–Crippen LogP) is 3.77. The van der Waals surface area contributed by atoms with Crippen LogP contribution in [0.25, 0.3) is 0 Å². The molecule has 150 valence electrons. The number of carbonyl (C=O) groups is 2. The summed E-state index contributed by atoms with van der Waals surface area (Å²) in [5, 5.41) is 2.97. The Hall–Kier alpha value is -2.19. The molecule has 0 saturated carbocycles. The molecule has 2 rings (SSSR count). The molecule has 0 aliphatic rings. The number of carbonyl (C=O) groups excluding carboxylic acids is 2. The summed E-state index contributed by atoms with van der Waals surface area (Å²) in [5.41, 5.74) is 0.811. The smallest absolute Gasteiger partial charge is 0.307 e. The first-order valence-electron chi connectivity index (χ1n) is 8.80. The molecule has 0 spiro atoms. The number of aromatic nitrogens is 2. The second kappa shape index (κ2) is 10.4. The van der Waals surface area contributed by atoms with Crippen LogP contribution >= 0.6 is 27.5 Å². The van der Waals surface area contributed by atoms with Crippen LogP contribution in [0.2, 0.25) is 5.02 Å². The molecule has 0 bridgehead atoms. The van der Waals surface area contributed by atoms with Gasteiger partial charge in [0.15, 0.2) is 5.69 Å². The normalized spacial score (nSPS) is 11.6. The van der Waals surface area contributed by atoms with E-state index in [1.165, 1.54) is 13.3 Å². The number of benzene rings is 1. The number of esters is 1. The summed E-state index contributed by atoms with van der Waals surface area (Å²) < 4.78 is 5.59. The van der Waals surface area contributed by atoms with Crippen LogP contribution in [0.5, 0.6) is 0 Å². The van der Waals surface area contributed by atoms with Gasteiger partial charge < -0.3 is 15.0 Å². The molecule has 0 aliphatic carbocycles. The van der Waals surface area contributed by atoms with E-state index in [0.29, 0.717) is 19.0 Å². The third-order valence-corrected chi connectivity index (χ3v) is 4.92. The van der Waals surface area contributed by atoms with Crippen LogP contribution in [-0.4, -0.2) is 42.0 Å². The van der Waals surface area contributed by atoms with Gasteiger partial charge in [0, 0.05) is 17.6 Å². The minimum atomic E-state index is -0.597. The summed E-state index contributed by atoms with van der Waals surface area (Å²) in [6, 6.07) is 6.74. The number of methoxy groups -OCH3 is 1. The van der Waals surface area contributed by atoms with Gasteiger partial charge in [-0.15, -0.1) is 0 Å². The molecular formula is C19H22BrClN4O3. The zero-order valence-corrected chi connectivity index (χ0v) is 18.2. The van der Waals surface area contributed by atoms with Crippen molar-refractivity contribution in [3.63, 3.8) is 0 Å². The van der Waals surface area contributed by atoms with E-state index in [1.54, 1.807) is 0 Å². The maximum Gasteiger partial charge on any atom is 0.307 e. The lowest BCUT2D eigenvalue weighted by Gasteiger charge is -2.21. The number of rotatable bonds is 8. The summed E-state index contributed by atoms with van der Waals surface area (Å²) in [4.78, 5) is 35.2. The number of amides is 1. The lowest BCUT2D eigenvalue weighted by molar-refractivity contribution is -0.141. The quantitative estimate of drug-likeness (QED) is 0.592. The van der Waals surface area contributed by atoms with Gasteiger partial charge in [-0.05, 0) is 31.5 Å². The van der Waals surface area contributed by atoms with Crippen LogP contribution < -0.4 is 10.2 Å². The van der Waals surface area contributed by atoms with Crippen molar-refractivity contribution in [2.24, 2.45) is 0 Å². The SMILES string of the molecule is CCN(CC)c1ncc(Cl)c(C(=O)NC(CC(=O)OC)c2cccc(Br)c2)n1. The largest absolute Gasteiger partial charge is 0.469 e. The third kappa shape index (κ3) is 5.65. The molecule has 9 heteroatoms. The van der Waals surface area contributed by atoms with Crippen molar-refractivity contribution in [1.29, 1.82) is 0 Å². The number of nitrogens with one attached hydrogen (secondary N) is 1. The van der Waals surface area contributed by atoms with E-state index in [-0.39, 0.29) is 17.1 Å². The lowest BCUT2D eigenvalue weighted by atomic mass is 10.0.